The number of aryl methyl sites for hydroxylation is 2. The van der Waals surface area contributed by atoms with Crippen molar-refractivity contribution in [3.8, 4) is 0 Å². The molecule has 0 spiro atoms. The van der Waals surface area contributed by atoms with Crippen LogP contribution in [0.5, 0.6) is 0 Å². The van der Waals surface area contributed by atoms with Gasteiger partial charge in [0.1, 0.15) is 0 Å². The molecule has 1 aliphatic heterocycles. The highest BCUT2D eigenvalue weighted by Crippen LogP contribution is 2.20. The van der Waals surface area contributed by atoms with Crippen LogP contribution in [0.3, 0.4) is 0 Å². The van der Waals surface area contributed by atoms with Crippen LogP contribution in [0, 0.1) is 6.92 Å². The van der Waals surface area contributed by atoms with Gasteiger partial charge in [-0.1, -0.05) is 0 Å². The summed E-state index contributed by atoms with van der Waals surface area (Å²) < 4.78 is 2.74. The van der Waals surface area contributed by atoms with E-state index in [1.807, 2.05) is 14.0 Å². The molecule has 1 aromatic rings. The highest BCUT2D eigenvalue weighted by atomic mass is 79.9. The molecule has 1 saturated heterocycles. The fourth-order valence-electron chi connectivity index (χ4n) is 2.23. The van der Waals surface area contributed by atoms with Gasteiger partial charge in [-0.05, 0) is 22.9 Å². The van der Waals surface area contributed by atoms with E-state index in [0.717, 1.165) is 42.0 Å². The number of nitrogens with one attached hydrogen (secondary N) is 1. The lowest BCUT2D eigenvalue weighted by Crippen LogP contribution is -2.45. The molecule has 2 heterocycles. The molecule has 100 valence electrons. The number of piperazine rings is 1. The number of carbonyl (C=O) groups excluding carboxylic acids is 1. The van der Waals surface area contributed by atoms with E-state index < -0.39 is 0 Å². The van der Waals surface area contributed by atoms with Gasteiger partial charge in [0.2, 0.25) is 0 Å². The zero-order chi connectivity index (χ0) is 13.1. The molecule has 0 atom stereocenters. The molecule has 1 fully saturated rings. The summed E-state index contributed by atoms with van der Waals surface area (Å²) in [6, 6.07) is 0. The van der Waals surface area contributed by atoms with Crippen LogP contribution in [0.4, 0.5) is 0 Å². The summed E-state index contributed by atoms with van der Waals surface area (Å²) in [5, 5.41) is 7.59. The summed E-state index contributed by atoms with van der Waals surface area (Å²) in [6.45, 7) is 6.34. The van der Waals surface area contributed by atoms with Crippen LogP contribution in [0.25, 0.3) is 0 Å². The molecule has 0 aromatic carbocycles. The maximum atomic E-state index is 12.1. The van der Waals surface area contributed by atoms with Crippen molar-refractivity contribution in [2.75, 3.05) is 32.7 Å². The molecule has 0 unspecified atom stereocenters. The summed E-state index contributed by atoms with van der Waals surface area (Å²) in [5.41, 5.74) is 1.90. The first kappa shape index (κ1) is 13.7. The molecule has 0 aliphatic carbocycles. The Morgan fingerprint density at radius 2 is 2.11 bits per heavy atom. The Hall–Kier alpha value is -0.720. The number of hydrogen-bond donors (Lipinski definition) is 1. The molecule has 5 nitrogen and oxygen atoms in total. The number of Topliss-reactive ketones (excluding diaryl/α,β-unsaturated/α-hetero) is 1. The monoisotopic (exact) mass is 314 g/mol. The Balaban J connectivity index is 1.94. The Morgan fingerprint density at radius 3 is 2.67 bits per heavy atom. The minimum absolute atomic E-state index is 0.251. The van der Waals surface area contributed by atoms with Crippen molar-refractivity contribution >= 4 is 21.7 Å². The van der Waals surface area contributed by atoms with Gasteiger partial charge in [0.05, 0.1) is 28.8 Å². The summed E-state index contributed by atoms with van der Waals surface area (Å²) in [7, 11) is 1.88. The van der Waals surface area contributed by atoms with E-state index in [1.54, 1.807) is 4.68 Å². The topological polar surface area (TPSA) is 50.2 Å². The van der Waals surface area contributed by atoms with Gasteiger partial charge in [0.25, 0.3) is 0 Å². The van der Waals surface area contributed by atoms with E-state index >= 15 is 0 Å². The van der Waals surface area contributed by atoms with Crippen molar-refractivity contribution in [2.24, 2.45) is 7.05 Å². The summed E-state index contributed by atoms with van der Waals surface area (Å²) in [5.74, 6) is 0.251. The van der Waals surface area contributed by atoms with Gasteiger partial charge in [-0.3, -0.25) is 14.4 Å². The quantitative estimate of drug-likeness (QED) is 0.879. The number of rotatable bonds is 4. The fourth-order valence-corrected chi connectivity index (χ4v) is 2.71. The van der Waals surface area contributed by atoms with Crippen molar-refractivity contribution in [3.05, 3.63) is 15.9 Å². The molecule has 1 aliphatic rings. The SMILES string of the molecule is Cc1nn(C)c(CC(=O)CN2CCNCC2)c1Br. The Kier molecular flexibility index (Phi) is 4.53. The average Bonchev–Trinajstić information content (AvgIpc) is 2.57. The van der Waals surface area contributed by atoms with Gasteiger partial charge in [0.15, 0.2) is 5.78 Å². The highest BCUT2D eigenvalue weighted by Gasteiger charge is 2.17. The van der Waals surface area contributed by atoms with E-state index in [9.17, 15) is 4.79 Å². The summed E-state index contributed by atoms with van der Waals surface area (Å²) in [4.78, 5) is 14.3. The molecular formula is C12H19BrN4O. The Morgan fingerprint density at radius 1 is 1.44 bits per heavy atom. The van der Waals surface area contributed by atoms with Gasteiger partial charge in [-0.25, -0.2) is 0 Å². The molecule has 18 heavy (non-hydrogen) atoms. The van der Waals surface area contributed by atoms with Crippen LogP contribution < -0.4 is 5.32 Å². The number of carbonyl (C=O) groups is 1. The standard InChI is InChI=1S/C12H19BrN4O/c1-9-12(13)11(16(2)15-9)7-10(18)8-17-5-3-14-4-6-17/h14H,3-8H2,1-2H3. The minimum atomic E-state index is 0.251. The molecule has 0 amide bonds. The zero-order valence-corrected chi connectivity index (χ0v) is 12.5. The molecule has 1 aromatic heterocycles. The van der Waals surface area contributed by atoms with Crippen molar-refractivity contribution in [2.45, 2.75) is 13.3 Å². The smallest absolute Gasteiger partial charge is 0.152 e. The van der Waals surface area contributed by atoms with Crippen LogP contribution in [0.15, 0.2) is 4.47 Å². The molecule has 6 heteroatoms. The third-order valence-electron chi connectivity index (χ3n) is 3.24. The average molecular weight is 315 g/mol. The largest absolute Gasteiger partial charge is 0.314 e. The fraction of sp³-hybridized carbons (Fsp3) is 0.667. The lowest BCUT2D eigenvalue weighted by Gasteiger charge is -2.26. The van der Waals surface area contributed by atoms with Crippen molar-refractivity contribution < 1.29 is 4.79 Å². The van der Waals surface area contributed by atoms with Gasteiger partial charge >= 0.3 is 0 Å². The van der Waals surface area contributed by atoms with Crippen LogP contribution >= 0.6 is 15.9 Å². The Bertz CT molecular complexity index is 438. The number of aromatic nitrogens is 2. The first-order valence-corrected chi connectivity index (χ1v) is 7.00. The van der Waals surface area contributed by atoms with E-state index in [2.05, 4.69) is 31.2 Å². The summed E-state index contributed by atoms with van der Waals surface area (Å²) in [6.07, 6.45) is 0.446. The van der Waals surface area contributed by atoms with Crippen molar-refractivity contribution in [3.63, 3.8) is 0 Å². The van der Waals surface area contributed by atoms with Crippen LogP contribution in [-0.2, 0) is 18.3 Å². The second-order valence-electron chi connectivity index (χ2n) is 4.71. The third-order valence-corrected chi connectivity index (χ3v) is 4.27. The number of hydrogen-bond acceptors (Lipinski definition) is 4. The molecule has 1 N–H and O–H groups in total. The van der Waals surface area contributed by atoms with Crippen LogP contribution in [0.2, 0.25) is 0 Å². The van der Waals surface area contributed by atoms with E-state index in [-0.39, 0.29) is 5.78 Å². The molecule has 0 bridgehead atoms. The van der Waals surface area contributed by atoms with E-state index in [4.69, 9.17) is 0 Å². The van der Waals surface area contributed by atoms with Crippen LogP contribution in [-0.4, -0.2) is 53.2 Å². The Labute approximate surface area is 116 Å². The summed E-state index contributed by atoms with van der Waals surface area (Å²) >= 11 is 3.50. The molecule has 0 radical (unpaired) electrons. The van der Waals surface area contributed by atoms with Gasteiger partial charge in [0, 0.05) is 33.2 Å². The molecular weight excluding hydrogens is 296 g/mol. The third kappa shape index (κ3) is 3.18. The van der Waals surface area contributed by atoms with Gasteiger partial charge in [-0.2, -0.15) is 5.10 Å². The second kappa shape index (κ2) is 5.95. The van der Waals surface area contributed by atoms with Crippen molar-refractivity contribution in [1.29, 1.82) is 0 Å². The molecule has 2 rings (SSSR count). The van der Waals surface area contributed by atoms with Crippen molar-refractivity contribution in [1.82, 2.24) is 20.0 Å². The normalized spacial score (nSPS) is 17.1. The maximum Gasteiger partial charge on any atom is 0.152 e. The lowest BCUT2D eigenvalue weighted by atomic mass is 10.2. The number of nitrogens with zero attached hydrogens (tertiary/aromatic N) is 3. The first-order chi connectivity index (χ1) is 8.58. The first-order valence-electron chi connectivity index (χ1n) is 6.20. The highest BCUT2D eigenvalue weighted by molar-refractivity contribution is 9.10. The van der Waals surface area contributed by atoms with Gasteiger partial charge < -0.3 is 5.32 Å². The number of ketones is 1. The maximum absolute atomic E-state index is 12.1. The van der Waals surface area contributed by atoms with E-state index in [0.29, 0.717) is 13.0 Å². The van der Waals surface area contributed by atoms with E-state index in [1.165, 1.54) is 0 Å². The zero-order valence-electron chi connectivity index (χ0n) is 10.9. The second-order valence-corrected chi connectivity index (χ2v) is 5.50. The van der Waals surface area contributed by atoms with Gasteiger partial charge in [-0.15, -0.1) is 0 Å². The predicted molar refractivity (Wildman–Crippen MR) is 73.7 cm³/mol. The number of halogens is 1. The lowest BCUT2D eigenvalue weighted by molar-refractivity contribution is -0.119. The minimum Gasteiger partial charge on any atom is -0.314 e. The molecule has 0 saturated carbocycles. The predicted octanol–water partition coefficient (Wildman–Crippen LogP) is 0.508. The van der Waals surface area contributed by atoms with Crippen LogP contribution in [0.1, 0.15) is 11.4 Å².